The first-order valence-corrected chi connectivity index (χ1v) is 11.8. The van der Waals surface area contributed by atoms with Crippen molar-refractivity contribution in [1.29, 1.82) is 0 Å². The fourth-order valence-electron chi connectivity index (χ4n) is 5.41. The molecule has 0 N–H and O–H groups in total. The number of ether oxygens (including phenoxy) is 2. The van der Waals surface area contributed by atoms with E-state index in [2.05, 4.69) is 4.90 Å². The third-order valence-corrected chi connectivity index (χ3v) is 6.92. The molecule has 6 heteroatoms. The summed E-state index contributed by atoms with van der Waals surface area (Å²) in [4.78, 5) is 29.7. The molecule has 1 aromatic rings. The van der Waals surface area contributed by atoms with Crippen molar-refractivity contribution in [2.75, 3.05) is 13.1 Å². The maximum atomic E-state index is 12.7. The number of esters is 1. The molecule has 0 aromatic heterocycles. The molecular formula is C25H36N2O4. The van der Waals surface area contributed by atoms with Gasteiger partial charge in [-0.1, -0.05) is 30.3 Å². The van der Waals surface area contributed by atoms with Crippen LogP contribution in [0.4, 0.5) is 4.79 Å². The van der Waals surface area contributed by atoms with Gasteiger partial charge in [-0.05, 0) is 77.9 Å². The van der Waals surface area contributed by atoms with Gasteiger partial charge >= 0.3 is 12.1 Å². The lowest BCUT2D eigenvalue weighted by molar-refractivity contribution is -0.152. The molecule has 0 saturated carbocycles. The van der Waals surface area contributed by atoms with Crippen LogP contribution < -0.4 is 0 Å². The number of piperidine rings is 2. The third kappa shape index (κ3) is 5.40. The summed E-state index contributed by atoms with van der Waals surface area (Å²) >= 11 is 0. The smallest absolute Gasteiger partial charge is 0.410 e. The van der Waals surface area contributed by atoms with Gasteiger partial charge in [0.1, 0.15) is 12.2 Å². The summed E-state index contributed by atoms with van der Waals surface area (Å²) in [5, 5.41) is 0. The minimum Gasteiger partial charge on any atom is -0.461 e. The van der Waals surface area contributed by atoms with Crippen molar-refractivity contribution in [2.24, 2.45) is 5.92 Å². The molecule has 2 unspecified atom stereocenters. The van der Waals surface area contributed by atoms with Gasteiger partial charge in [0.2, 0.25) is 0 Å². The molecule has 1 amide bonds. The molecule has 1 aromatic carbocycles. The lowest BCUT2D eigenvalue weighted by atomic mass is 9.91. The average molecular weight is 429 g/mol. The maximum Gasteiger partial charge on any atom is 0.410 e. The number of hydrogen-bond donors (Lipinski definition) is 0. The van der Waals surface area contributed by atoms with E-state index in [1.807, 2.05) is 56.0 Å². The van der Waals surface area contributed by atoms with Crippen molar-refractivity contribution in [2.45, 2.75) is 89.6 Å². The summed E-state index contributed by atoms with van der Waals surface area (Å²) in [5.41, 5.74) is 0.574. The topological polar surface area (TPSA) is 59.1 Å². The van der Waals surface area contributed by atoms with E-state index in [1.165, 1.54) is 0 Å². The van der Waals surface area contributed by atoms with Crippen LogP contribution in [0, 0.1) is 5.92 Å². The van der Waals surface area contributed by atoms with Gasteiger partial charge in [-0.25, -0.2) is 4.79 Å². The fraction of sp³-hybridized carbons (Fsp3) is 0.680. The summed E-state index contributed by atoms with van der Waals surface area (Å²) in [6.07, 6.45) is 5.73. The number of benzene rings is 1. The monoisotopic (exact) mass is 428 g/mol. The van der Waals surface area contributed by atoms with Crippen LogP contribution in [0.1, 0.15) is 64.9 Å². The Morgan fingerprint density at radius 3 is 2.13 bits per heavy atom. The molecule has 3 saturated heterocycles. The summed E-state index contributed by atoms with van der Waals surface area (Å²) in [6.45, 7) is 7.99. The molecule has 170 valence electrons. The predicted molar refractivity (Wildman–Crippen MR) is 118 cm³/mol. The quantitative estimate of drug-likeness (QED) is 0.667. The highest BCUT2D eigenvalue weighted by Gasteiger charge is 2.46. The first-order valence-electron chi connectivity index (χ1n) is 11.8. The van der Waals surface area contributed by atoms with Crippen LogP contribution in [0.3, 0.4) is 0 Å². The van der Waals surface area contributed by atoms with Gasteiger partial charge in [0.05, 0.1) is 5.92 Å². The first kappa shape index (κ1) is 22.1. The van der Waals surface area contributed by atoms with Gasteiger partial charge in [-0.15, -0.1) is 0 Å². The lowest BCUT2D eigenvalue weighted by Crippen LogP contribution is -2.54. The standard InChI is InChI=1S/C25H36N2O4/c1-25(2,3)31-24(29)27-20-9-10-21(27)16-22(15-20)26-13-11-19(12-14-26)23(28)30-17-18-7-5-4-6-8-18/h4-8,19-22H,9-17H2,1-3H3. The van der Waals surface area contributed by atoms with E-state index < -0.39 is 5.60 Å². The Labute approximate surface area is 185 Å². The van der Waals surface area contributed by atoms with Crippen LogP contribution in [0.15, 0.2) is 30.3 Å². The van der Waals surface area contributed by atoms with E-state index in [-0.39, 0.29) is 30.1 Å². The second-order valence-electron chi connectivity index (χ2n) is 10.3. The van der Waals surface area contributed by atoms with Gasteiger partial charge < -0.3 is 19.3 Å². The zero-order valence-electron chi connectivity index (χ0n) is 19.1. The average Bonchev–Trinajstić information content (AvgIpc) is 3.01. The van der Waals surface area contributed by atoms with Gasteiger partial charge in [0.15, 0.2) is 0 Å². The number of hydrogen-bond acceptors (Lipinski definition) is 5. The van der Waals surface area contributed by atoms with Crippen LogP contribution in [-0.2, 0) is 20.9 Å². The SMILES string of the molecule is CC(C)(C)OC(=O)N1C2CCC1CC(N1CCC(C(=O)OCc3ccccc3)CC1)C2. The minimum absolute atomic E-state index is 0.00135. The van der Waals surface area contributed by atoms with Gasteiger partial charge in [0.25, 0.3) is 0 Å². The van der Waals surface area contributed by atoms with Crippen LogP contribution in [-0.4, -0.2) is 58.7 Å². The molecule has 0 radical (unpaired) electrons. The van der Waals surface area contributed by atoms with E-state index in [0.29, 0.717) is 12.6 Å². The van der Waals surface area contributed by atoms with E-state index in [0.717, 1.165) is 57.2 Å². The van der Waals surface area contributed by atoms with E-state index >= 15 is 0 Å². The van der Waals surface area contributed by atoms with Crippen molar-refractivity contribution in [3.63, 3.8) is 0 Å². The largest absolute Gasteiger partial charge is 0.461 e. The lowest BCUT2D eigenvalue weighted by Gasteiger charge is -2.45. The summed E-state index contributed by atoms with van der Waals surface area (Å²) in [6, 6.07) is 10.9. The minimum atomic E-state index is -0.454. The molecule has 6 nitrogen and oxygen atoms in total. The van der Waals surface area contributed by atoms with E-state index in [1.54, 1.807) is 0 Å². The number of nitrogens with zero attached hydrogens (tertiary/aromatic N) is 2. The molecule has 0 spiro atoms. The highest BCUT2D eigenvalue weighted by molar-refractivity contribution is 5.72. The summed E-state index contributed by atoms with van der Waals surface area (Å²) < 4.78 is 11.2. The number of rotatable bonds is 4. The highest BCUT2D eigenvalue weighted by Crippen LogP contribution is 2.39. The molecule has 3 heterocycles. The normalized spacial score (nSPS) is 27.2. The van der Waals surface area contributed by atoms with Crippen molar-refractivity contribution >= 4 is 12.1 Å². The molecule has 2 bridgehead atoms. The molecule has 3 aliphatic heterocycles. The van der Waals surface area contributed by atoms with Crippen LogP contribution in [0.25, 0.3) is 0 Å². The molecular weight excluding hydrogens is 392 g/mol. The number of fused-ring (bicyclic) bond motifs is 2. The van der Waals surface area contributed by atoms with Crippen molar-refractivity contribution < 1.29 is 19.1 Å². The zero-order valence-corrected chi connectivity index (χ0v) is 19.1. The summed E-state index contributed by atoms with van der Waals surface area (Å²) in [5.74, 6) is -0.0677. The fourth-order valence-corrected chi connectivity index (χ4v) is 5.41. The van der Waals surface area contributed by atoms with Crippen molar-refractivity contribution in [3.05, 3.63) is 35.9 Å². The van der Waals surface area contributed by atoms with Gasteiger partial charge in [-0.2, -0.15) is 0 Å². The van der Waals surface area contributed by atoms with Crippen LogP contribution in [0.2, 0.25) is 0 Å². The Balaban J connectivity index is 1.25. The molecule has 3 fully saturated rings. The number of carbonyl (C=O) groups is 2. The van der Waals surface area contributed by atoms with Gasteiger partial charge in [-0.3, -0.25) is 4.79 Å². The highest BCUT2D eigenvalue weighted by atomic mass is 16.6. The van der Waals surface area contributed by atoms with Crippen LogP contribution >= 0.6 is 0 Å². The molecule has 2 atom stereocenters. The molecule has 31 heavy (non-hydrogen) atoms. The first-order chi connectivity index (χ1) is 14.8. The second-order valence-corrected chi connectivity index (χ2v) is 10.3. The predicted octanol–water partition coefficient (Wildman–Crippen LogP) is 4.37. The third-order valence-electron chi connectivity index (χ3n) is 6.92. The second kappa shape index (κ2) is 9.19. The zero-order chi connectivity index (χ0) is 22.0. The maximum absolute atomic E-state index is 12.7. The number of amides is 1. The Bertz CT molecular complexity index is 753. The summed E-state index contributed by atoms with van der Waals surface area (Å²) in [7, 11) is 0. The Kier molecular flexibility index (Phi) is 6.56. The van der Waals surface area contributed by atoms with Crippen LogP contribution in [0.5, 0.6) is 0 Å². The number of carbonyl (C=O) groups excluding carboxylic acids is 2. The Morgan fingerprint density at radius 2 is 1.55 bits per heavy atom. The van der Waals surface area contributed by atoms with E-state index in [4.69, 9.17) is 9.47 Å². The van der Waals surface area contributed by atoms with Crippen molar-refractivity contribution in [3.8, 4) is 0 Å². The molecule has 3 aliphatic rings. The van der Waals surface area contributed by atoms with Gasteiger partial charge in [0, 0.05) is 18.1 Å². The molecule has 4 rings (SSSR count). The molecule has 0 aliphatic carbocycles. The Morgan fingerprint density at radius 1 is 0.935 bits per heavy atom. The van der Waals surface area contributed by atoms with Crippen molar-refractivity contribution in [1.82, 2.24) is 9.80 Å². The van der Waals surface area contributed by atoms with E-state index in [9.17, 15) is 9.59 Å². The number of likely N-dealkylation sites (tertiary alicyclic amines) is 1. The Hall–Kier alpha value is -2.08.